The van der Waals surface area contributed by atoms with Gasteiger partial charge in [-0.2, -0.15) is 0 Å². The fourth-order valence-corrected chi connectivity index (χ4v) is 4.19. The Hall–Kier alpha value is -1.31. The molecule has 0 saturated carbocycles. The van der Waals surface area contributed by atoms with Crippen LogP contribution in [-0.2, 0) is 14.6 Å². The minimum Gasteiger partial charge on any atom is -0.481 e. The van der Waals surface area contributed by atoms with Gasteiger partial charge in [-0.1, -0.05) is 0 Å². The lowest BCUT2D eigenvalue weighted by Gasteiger charge is -2.33. The van der Waals surface area contributed by atoms with Gasteiger partial charge in [-0.15, -0.1) is 0 Å². The van der Waals surface area contributed by atoms with Crippen molar-refractivity contribution in [1.29, 1.82) is 0 Å². The summed E-state index contributed by atoms with van der Waals surface area (Å²) in [6, 6.07) is -0.590. The first-order valence-corrected chi connectivity index (χ1v) is 8.92. The Balaban J connectivity index is 2.65. The highest BCUT2D eigenvalue weighted by molar-refractivity contribution is 7.91. The van der Waals surface area contributed by atoms with Crippen LogP contribution in [0.25, 0.3) is 0 Å². The molecule has 1 fully saturated rings. The van der Waals surface area contributed by atoms with Crippen LogP contribution in [-0.4, -0.2) is 72.5 Å². The highest BCUT2D eigenvalue weighted by Gasteiger charge is 2.34. The molecule has 0 bridgehead atoms. The fourth-order valence-electron chi connectivity index (χ4n) is 2.41. The van der Waals surface area contributed by atoms with Gasteiger partial charge in [0.15, 0.2) is 9.84 Å². The molecule has 1 aliphatic heterocycles. The molecule has 21 heavy (non-hydrogen) atoms. The van der Waals surface area contributed by atoms with Crippen molar-refractivity contribution < 1.29 is 23.1 Å². The van der Waals surface area contributed by atoms with Crippen molar-refractivity contribution >= 4 is 21.8 Å². The number of rotatable bonds is 6. The second kappa shape index (κ2) is 7.11. The van der Waals surface area contributed by atoms with E-state index in [2.05, 4.69) is 0 Å². The van der Waals surface area contributed by atoms with Gasteiger partial charge < -0.3 is 14.9 Å². The molecule has 2 amide bonds. The fraction of sp³-hybridized carbons (Fsp3) is 0.846. The third-order valence-electron chi connectivity index (χ3n) is 3.72. The number of aliphatic carboxylic acids is 1. The van der Waals surface area contributed by atoms with E-state index in [9.17, 15) is 18.0 Å². The molecule has 0 aromatic rings. The van der Waals surface area contributed by atoms with Crippen molar-refractivity contribution in [3.8, 4) is 0 Å². The van der Waals surface area contributed by atoms with E-state index < -0.39 is 15.8 Å². The Bertz CT molecular complexity index is 489. The highest BCUT2D eigenvalue weighted by Crippen LogP contribution is 2.18. The summed E-state index contributed by atoms with van der Waals surface area (Å²) in [7, 11) is -1.43. The maximum atomic E-state index is 12.5. The summed E-state index contributed by atoms with van der Waals surface area (Å²) in [6.45, 7) is 4.07. The van der Waals surface area contributed by atoms with Crippen LogP contribution in [0.2, 0.25) is 0 Å². The first-order chi connectivity index (χ1) is 9.64. The number of carboxylic acids is 1. The van der Waals surface area contributed by atoms with E-state index in [-0.39, 0.29) is 36.0 Å². The van der Waals surface area contributed by atoms with E-state index in [1.54, 1.807) is 11.9 Å². The monoisotopic (exact) mass is 320 g/mol. The molecular weight excluding hydrogens is 296 g/mol. The summed E-state index contributed by atoms with van der Waals surface area (Å²) in [5, 5.41) is 8.66. The van der Waals surface area contributed by atoms with Crippen molar-refractivity contribution in [3.63, 3.8) is 0 Å². The van der Waals surface area contributed by atoms with E-state index in [1.165, 1.54) is 4.90 Å². The molecule has 1 heterocycles. The van der Waals surface area contributed by atoms with Gasteiger partial charge in [0.05, 0.1) is 11.5 Å². The quantitative estimate of drug-likeness (QED) is 0.781. The summed E-state index contributed by atoms with van der Waals surface area (Å²) in [4.78, 5) is 26.1. The van der Waals surface area contributed by atoms with Crippen LogP contribution in [0.15, 0.2) is 0 Å². The molecular formula is C13H24N2O5S. The molecule has 1 aliphatic rings. The highest BCUT2D eigenvalue weighted by atomic mass is 32.2. The second-order valence-electron chi connectivity index (χ2n) is 5.73. The van der Waals surface area contributed by atoms with Crippen LogP contribution in [0.1, 0.15) is 33.1 Å². The Morgan fingerprint density at radius 1 is 1.33 bits per heavy atom. The number of carbonyl (C=O) groups excluding carboxylic acids is 1. The summed E-state index contributed by atoms with van der Waals surface area (Å²) < 4.78 is 23.0. The van der Waals surface area contributed by atoms with Crippen molar-refractivity contribution in [3.05, 3.63) is 0 Å². The van der Waals surface area contributed by atoms with Gasteiger partial charge >= 0.3 is 12.0 Å². The first kappa shape index (κ1) is 17.7. The summed E-state index contributed by atoms with van der Waals surface area (Å²) in [5.74, 6) is -0.756. The largest absolute Gasteiger partial charge is 0.481 e. The maximum Gasteiger partial charge on any atom is 0.320 e. The zero-order chi connectivity index (χ0) is 16.2. The number of hydrogen-bond donors (Lipinski definition) is 1. The van der Waals surface area contributed by atoms with Gasteiger partial charge in [0, 0.05) is 32.1 Å². The lowest BCUT2D eigenvalue weighted by Crippen LogP contribution is -2.49. The van der Waals surface area contributed by atoms with Gasteiger partial charge in [-0.05, 0) is 26.7 Å². The van der Waals surface area contributed by atoms with E-state index >= 15 is 0 Å². The van der Waals surface area contributed by atoms with Gasteiger partial charge in [0.25, 0.3) is 0 Å². The van der Waals surface area contributed by atoms with Gasteiger partial charge in [-0.25, -0.2) is 13.2 Å². The molecule has 1 N–H and O–H groups in total. The number of sulfone groups is 1. The average Bonchev–Trinajstić information content (AvgIpc) is 2.72. The lowest BCUT2D eigenvalue weighted by atomic mass is 10.2. The van der Waals surface area contributed by atoms with Crippen molar-refractivity contribution in [2.75, 3.05) is 25.1 Å². The van der Waals surface area contributed by atoms with Crippen LogP contribution < -0.4 is 0 Å². The Morgan fingerprint density at radius 3 is 2.38 bits per heavy atom. The molecule has 122 valence electrons. The topological polar surface area (TPSA) is 95.0 Å². The third-order valence-corrected chi connectivity index (χ3v) is 5.47. The van der Waals surface area contributed by atoms with Crippen molar-refractivity contribution in [1.82, 2.24) is 9.80 Å². The zero-order valence-electron chi connectivity index (χ0n) is 12.8. The number of carbonyl (C=O) groups is 2. The van der Waals surface area contributed by atoms with Crippen LogP contribution >= 0.6 is 0 Å². The molecule has 7 nitrogen and oxygen atoms in total. The van der Waals surface area contributed by atoms with Crippen LogP contribution in [0.4, 0.5) is 4.79 Å². The third kappa shape index (κ3) is 5.18. The predicted molar refractivity (Wildman–Crippen MR) is 78.9 cm³/mol. The molecule has 0 aromatic carbocycles. The van der Waals surface area contributed by atoms with Crippen molar-refractivity contribution in [2.24, 2.45) is 0 Å². The maximum absolute atomic E-state index is 12.5. The number of carboxylic acid groups (broad SMARTS) is 1. The zero-order valence-corrected chi connectivity index (χ0v) is 13.6. The molecule has 1 atom stereocenters. The Morgan fingerprint density at radius 2 is 1.95 bits per heavy atom. The standard InChI is InChI=1S/C13H24N2O5S/c1-10(2)15(7-4-5-12(16)17)13(18)14(3)11-6-8-21(19,20)9-11/h10-11H,4-9H2,1-3H3,(H,16,17). The Kier molecular flexibility index (Phi) is 6.00. The molecule has 8 heteroatoms. The minimum absolute atomic E-state index is 0.0102. The minimum atomic E-state index is -3.04. The molecule has 0 radical (unpaired) electrons. The molecule has 0 aromatic heterocycles. The molecule has 1 unspecified atom stereocenters. The summed E-state index contributed by atoms with van der Waals surface area (Å²) >= 11 is 0. The van der Waals surface area contributed by atoms with E-state index in [4.69, 9.17) is 5.11 Å². The normalized spacial score (nSPS) is 20.5. The average molecular weight is 320 g/mol. The van der Waals surface area contributed by atoms with Gasteiger partial charge in [-0.3, -0.25) is 4.79 Å². The second-order valence-corrected chi connectivity index (χ2v) is 7.96. The number of urea groups is 1. The number of hydrogen-bond acceptors (Lipinski definition) is 4. The van der Waals surface area contributed by atoms with E-state index in [0.29, 0.717) is 19.4 Å². The molecule has 0 aliphatic carbocycles. The SMILES string of the molecule is CC(C)N(CCCC(=O)O)C(=O)N(C)C1CCS(=O)(=O)C1. The molecule has 0 spiro atoms. The van der Waals surface area contributed by atoms with Gasteiger partial charge in [0.1, 0.15) is 0 Å². The van der Waals surface area contributed by atoms with Crippen LogP contribution in [0.5, 0.6) is 0 Å². The Labute approximate surface area is 125 Å². The van der Waals surface area contributed by atoms with Crippen molar-refractivity contribution in [2.45, 2.75) is 45.2 Å². The molecule has 1 rings (SSSR count). The predicted octanol–water partition coefficient (Wildman–Crippen LogP) is 0.801. The first-order valence-electron chi connectivity index (χ1n) is 7.09. The van der Waals surface area contributed by atoms with E-state index in [1.807, 2.05) is 13.8 Å². The van der Waals surface area contributed by atoms with Crippen LogP contribution in [0.3, 0.4) is 0 Å². The smallest absolute Gasteiger partial charge is 0.320 e. The van der Waals surface area contributed by atoms with E-state index in [0.717, 1.165) is 0 Å². The van der Waals surface area contributed by atoms with Crippen LogP contribution in [0, 0.1) is 0 Å². The lowest BCUT2D eigenvalue weighted by molar-refractivity contribution is -0.137. The number of amides is 2. The number of nitrogens with zero attached hydrogens (tertiary/aromatic N) is 2. The summed E-state index contributed by atoms with van der Waals surface area (Å²) in [5.41, 5.74) is 0. The molecule has 1 saturated heterocycles. The van der Waals surface area contributed by atoms with Gasteiger partial charge in [0.2, 0.25) is 0 Å². The summed E-state index contributed by atoms with van der Waals surface area (Å²) in [6.07, 6.45) is 0.861.